The van der Waals surface area contributed by atoms with Crippen molar-refractivity contribution >= 4 is 16.1 Å². The number of aliphatic hydroxyl groups excluding tert-OH is 1. The molecule has 0 rings (SSSR count). The fourth-order valence-corrected chi connectivity index (χ4v) is 1.07. The number of hydrogen-bond acceptors (Lipinski definition) is 4. The summed E-state index contributed by atoms with van der Waals surface area (Å²) in [5, 5.41) is 8.59. The monoisotopic (exact) mass is 166 g/mol. The Hall–Kier alpha value is -0.420. The fraction of sp³-hybridized carbons (Fsp3) is 0.800. The van der Waals surface area contributed by atoms with Crippen LogP contribution in [-0.4, -0.2) is 37.9 Å². The number of sulfone groups is 1. The molecule has 0 spiro atoms. The Morgan fingerprint density at radius 3 is 2.40 bits per heavy atom. The van der Waals surface area contributed by atoms with E-state index < -0.39 is 15.9 Å². The highest BCUT2D eigenvalue weighted by atomic mass is 32.2. The number of carbonyl (C=O) groups is 1. The molecule has 5 heteroatoms. The fourth-order valence-electron chi connectivity index (χ4n) is 0.403. The molecule has 1 atom stereocenters. The van der Waals surface area contributed by atoms with Crippen molar-refractivity contribution in [1.82, 2.24) is 0 Å². The largest absolute Gasteiger partial charge is 0.386 e. The smallest absolute Gasteiger partial charge is 0.148 e. The van der Waals surface area contributed by atoms with E-state index in [2.05, 4.69) is 0 Å². The van der Waals surface area contributed by atoms with Gasteiger partial charge in [0.2, 0.25) is 0 Å². The molecule has 0 aromatic rings. The van der Waals surface area contributed by atoms with Gasteiger partial charge in [0.25, 0.3) is 0 Å². The van der Waals surface area contributed by atoms with Crippen molar-refractivity contribution in [2.45, 2.75) is 12.5 Å². The lowest BCUT2D eigenvalue weighted by atomic mass is 10.3. The van der Waals surface area contributed by atoms with E-state index in [1.807, 2.05) is 0 Å². The topological polar surface area (TPSA) is 71.4 Å². The van der Waals surface area contributed by atoms with Crippen LogP contribution in [0.2, 0.25) is 0 Å². The molecule has 0 amide bonds. The summed E-state index contributed by atoms with van der Waals surface area (Å²) < 4.78 is 20.8. The van der Waals surface area contributed by atoms with Gasteiger partial charge in [-0.1, -0.05) is 0 Å². The van der Waals surface area contributed by atoms with Gasteiger partial charge in [0, 0.05) is 6.26 Å². The molecule has 0 bridgehead atoms. The molecule has 0 aromatic heterocycles. The third-order valence-electron chi connectivity index (χ3n) is 0.941. The van der Waals surface area contributed by atoms with E-state index in [-0.39, 0.29) is 12.2 Å². The molecule has 0 heterocycles. The highest BCUT2D eigenvalue weighted by Gasteiger charge is 2.06. The van der Waals surface area contributed by atoms with Crippen LogP contribution in [0.15, 0.2) is 0 Å². The first-order valence-corrected chi connectivity index (χ1v) is 4.83. The second-order valence-corrected chi connectivity index (χ2v) is 4.38. The summed E-state index contributed by atoms with van der Waals surface area (Å²) in [5.41, 5.74) is 0. The van der Waals surface area contributed by atoms with E-state index in [4.69, 9.17) is 5.11 Å². The standard InChI is InChI=1S/C5H10O4S/c1-10(8,9)3-2-5(7)4-6/h4-5,7H,2-3H2,1H3. The van der Waals surface area contributed by atoms with Gasteiger partial charge in [-0.15, -0.1) is 0 Å². The van der Waals surface area contributed by atoms with Crippen molar-refractivity contribution in [3.63, 3.8) is 0 Å². The predicted molar refractivity (Wildman–Crippen MR) is 36.4 cm³/mol. The van der Waals surface area contributed by atoms with Crippen molar-refractivity contribution < 1.29 is 18.3 Å². The Morgan fingerprint density at radius 2 is 2.10 bits per heavy atom. The van der Waals surface area contributed by atoms with Gasteiger partial charge >= 0.3 is 0 Å². The van der Waals surface area contributed by atoms with Crippen LogP contribution in [0.1, 0.15) is 6.42 Å². The lowest BCUT2D eigenvalue weighted by molar-refractivity contribution is -0.114. The van der Waals surface area contributed by atoms with Crippen LogP contribution in [0.25, 0.3) is 0 Å². The maximum Gasteiger partial charge on any atom is 0.148 e. The highest BCUT2D eigenvalue weighted by Crippen LogP contribution is 1.92. The molecular formula is C5H10O4S. The van der Waals surface area contributed by atoms with Crippen molar-refractivity contribution in [1.29, 1.82) is 0 Å². The normalized spacial score (nSPS) is 14.6. The number of aldehydes is 1. The summed E-state index contributed by atoms with van der Waals surface area (Å²) in [6.45, 7) is 0. The van der Waals surface area contributed by atoms with Gasteiger partial charge in [0.15, 0.2) is 0 Å². The van der Waals surface area contributed by atoms with Gasteiger partial charge in [0.1, 0.15) is 22.2 Å². The third kappa shape index (κ3) is 5.71. The van der Waals surface area contributed by atoms with E-state index in [1.165, 1.54) is 0 Å². The van der Waals surface area contributed by atoms with Crippen molar-refractivity contribution in [2.24, 2.45) is 0 Å². The molecule has 4 nitrogen and oxygen atoms in total. The number of hydrogen-bond donors (Lipinski definition) is 1. The first kappa shape index (κ1) is 9.58. The molecule has 0 radical (unpaired) electrons. The van der Waals surface area contributed by atoms with Gasteiger partial charge < -0.3 is 9.90 Å². The van der Waals surface area contributed by atoms with Gasteiger partial charge in [-0.05, 0) is 6.42 Å². The molecule has 0 aliphatic rings. The Bertz CT molecular complexity index is 194. The van der Waals surface area contributed by atoms with Gasteiger partial charge in [0.05, 0.1) is 5.75 Å². The molecule has 1 N–H and O–H groups in total. The van der Waals surface area contributed by atoms with Crippen LogP contribution in [0, 0.1) is 0 Å². The molecule has 0 saturated carbocycles. The van der Waals surface area contributed by atoms with Crippen LogP contribution in [0.4, 0.5) is 0 Å². The van der Waals surface area contributed by atoms with Crippen LogP contribution in [0.5, 0.6) is 0 Å². The predicted octanol–water partition coefficient (Wildman–Crippen LogP) is -1.02. The van der Waals surface area contributed by atoms with Crippen molar-refractivity contribution in [2.75, 3.05) is 12.0 Å². The minimum Gasteiger partial charge on any atom is -0.386 e. The second-order valence-electron chi connectivity index (χ2n) is 2.12. The van der Waals surface area contributed by atoms with E-state index in [1.54, 1.807) is 0 Å². The molecule has 1 unspecified atom stereocenters. The maximum absolute atomic E-state index is 10.4. The van der Waals surface area contributed by atoms with Gasteiger partial charge in [-0.25, -0.2) is 8.42 Å². The quantitative estimate of drug-likeness (QED) is 0.543. The number of aliphatic hydroxyl groups is 1. The zero-order valence-corrected chi connectivity index (χ0v) is 6.47. The van der Waals surface area contributed by atoms with Crippen molar-refractivity contribution in [3.05, 3.63) is 0 Å². The molecule has 0 aliphatic carbocycles. The summed E-state index contributed by atoms with van der Waals surface area (Å²) in [7, 11) is -3.05. The molecule has 0 aromatic carbocycles. The first-order valence-electron chi connectivity index (χ1n) is 2.77. The summed E-state index contributed by atoms with van der Waals surface area (Å²) in [5.74, 6) is -0.146. The van der Waals surface area contributed by atoms with E-state index in [0.717, 1.165) is 6.26 Å². The lowest BCUT2D eigenvalue weighted by Crippen LogP contribution is -2.14. The average molecular weight is 166 g/mol. The second kappa shape index (κ2) is 3.68. The highest BCUT2D eigenvalue weighted by molar-refractivity contribution is 7.90. The molecule has 60 valence electrons. The maximum atomic E-state index is 10.4. The van der Waals surface area contributed by atoms with Crippen LogP contribution in [0.3, 0.4) is 0 Å². The van der Waals surface area contributed by atoms with Crippen molar-refractivity contribution in [3.8, 4) is 0 Å². The Morgan fingerprint density at radius 1 is 1.60 bits per heavy atom. The lowest BCUT2D eigenvalue weighted by Gasteiger charge is -1.99. The summed E-state index contributed by atoms with van der Waals surface area (Å²) >= 11 is 0. The Kier molecular flexibility index (Phi) is 3.52. The molecular weight excluding hydrogens is 156 g/mol. The van der Waals surface area contributed by atoms with Crippen LogP contribution < -0.4 is 0 Å². The molecule has 0 saturated heterocycles. The zero-order chi connectivity index (χ0) is 8.20. The SMILES string of the molecule is CS(=O)(=O)CCC(O)C=O. The Balaban J connectivity index is 3.66. The minimum absolute atomic E-state index is 0.0116. The summed E-state index contributed by atoms with van der Waals surface area (Å²) in [6.07, 6.45) is 0.229. The van der Waals surface area contributed by atoms with Crippen LogP contribution in [-0.2, 0) is 14.6 Å². The number of carbonyl (C=O) groups excluding carboxylic acids is 1. The average Bonchev–Trinajstić information content (AvgIpc) is 1.81. The van der Waals surface area contributed by atoms with E-state index >= 15 is 0 Å². The van der Waals surface area contributed by atoms with E-state index in [0.29, 0.717) is 6.29 Å². The summed E-state index contributed by atoms with van der Waals surface area (Å²) in [4.78, 5) is 9.78. The molecule has 0 fully saturated rings. The summed E-state index contributed by atoms with van der Waals surface area (Å²) in [6, 6.07) is 0. The minimum atomic E-state index is -3.05. The Labute approximate surface area is 59.8 Å². The van der Waals surface area contributed by atoms with Gasteiger partial charge in [-0.2, -0.15) is 0 Å². The van der Waals surface area contributed by atoms with E-state index in [9.17, 15) is 13.2 Å². The van der Waals surface area contributed by atoms with Gasteiger partial charge in [-0.3, -0.25) is 0 Å². The first-order chi connectivity index (χ1) is 4.45. The third-order valence-corrected chi connectivity index (χ3v) is 1.92. The zero-order valence-electron chi connectivity index (χ0n) is 5.65. The van der Waals surface area contributed by atoms with Crippen LogP contribution >= 0.6 is 0 Å². The number of rotatable bonds is 4. The molecule has 10 heavy (non-hydrogen) atoms. The molecule has 0 aliphatic heterocycles.